The molecule has 0 aromatic heterocycles. The van der Waals surface area contributed by atoms with Crippen LogP contribution in [0.4, 0.5) is 5.69 Å². The Morgan fingerprint density at radius 1 is 0.826 bits per heavy atom. The molecule has 0 radical (unpaired) electrons. The van der Waals surface area contributed by atoms with Crippen LogP contribution in [-0.4, -0.2) is 54.0 Å². The molecule has 1 atom stereocenters. The molecule has 11 nitrogen and oxygen atoms in total. The molecule has 4 aromatic rings. The van der Waals surface area contributed by atoms with E-state index in [1.807, 2.05) is 24.3 Å². The molecule has 46 heavy (non-hydrogen) atoms. The number of rotatable bonds is 7. The standard InChI is InChI=1S/C35H28N2O9/c38-32(36-13-15-43-16-14-36)19-23-7-11-28-30(17-23)45-31-18-24(20-33(39)44-21-22-5-9-25(10-6-22)37(41)42)8-12-29(31)35(28)27-4-2-1-3-26(27)34(40)46-35/h1-12,17-18H,13-16,19-21H2. The summed E-state index contributed by atoms with van der Waals surface area (Å²) in [5.41, 5.74) is 3.03. The monoisotopic (exact) mass is 620 g/mol. The molecule has 3 aliphatic rings. The topological polar surface area (TPSA) is 135 Å². The normalized spacial score (nSPS) is 17.7. The van der Waals surface area contributed by atoms with Crippen LogP contribution in [0.25, 0.3) is 0 Å². The Hall–Kier alpha value is -5.55. The summed E-state index contributed by atoms with van der Waals surface area (Å²) in [7, 11) is 0. The molecule has 3 heterocycles. The lowest BCUT2D eigenvalue weighted by Gasteiger charge is -2.37. The highest BCUT2D eigenvalue weighted by Gasteiger charge is 2.53. The molecule has 0 saturated carbocycles. The molecule has 1 spiro atoms. The number of non-ortho nitro benzene ring substituents is 1. The molecule has 0 bridgehead atoms. The zero-order valence-electron chi connectivity index (χ0n) is 24.6. The van der Waals surface area contributed by atoms with Crippen molar-refractivity contribution in [1.82, 2.24) is 4.90 Å². The molecule has 1 unspecified atom stereocenters. The van der Waals surface area contributed by atoms with Gasteiger partial charge in [0.1, 0.15) is 18.1 Å². The molecule has 11 heteroatoms. The number of morpholine rings is 1. The summed E-state index contributed by atoms with van der Waals surface area (Å²) in [6, 6.07) is 23.8. The minimum atomic E-state index is -1.28. The fourth-order valence-corrected chi connectivity index (χ4v) is 6.18. The fourth-order valence-electron chi connectivity index (χ4n) is 6.18. The van der Waals surface area contributed by atoms with Crippen molar-refractivity contribution in [3.05, 3.63) is 134 Å². The second kappa shape index (κ2) is 11.8. The van der Waals surface area contributed by atoms with E-state index in [2.05, 4.69) is 0 Å². The first kappa shape index (κ1) is 29.2. The van der Waals surface area contributed by atoms with Gasteiger partial charge in [0, 0.05) is 41.9 Å². The first-order chi connectivity index (χ1) is 22.3. The van der Waals surface area contributed by atoms with Gasteiger partial charge in [-0.3, -0.25) is 19.7 Å². The van der Waals surface area contributed by atoms with Crippen molar-refractivity contribution >= 4 is 23.5 Å². The van der Waals surface area contributed by atoms with Crippen LogP contribution in [0.3, 0.4) is 0 Å². The number of esters is 2. The largest absolute Gasteiger partial charge is 0.461 e. The summed E-state index contributed by atoms with van der Waals surface area (Å²) in [6.45, 7) is 2.07. The molecular formula is C35H28N2O9. The van der Waals surface area contributed by atoms with Crippen LogP contribution in [0.15, 0.2) is 84.9 Å². The molecule has 0 aliphatic carbocycles. The van der Waals surface area contributed by atoms with Crippen LogP contribution in [-0.2, 0) is 48.8 Å². The highest BCUT2D eigenvalue weighted by Crippen LogP contribution is 2.56. The molecular weight excluding hydrogens is 592 g/mol. The number of fused-ring (bicyclic) bond motifs is 6. The van der Waals surface area contributed by atoms with E-state index < -0.39 is 22.5 Å². The van der Waals surface area contributed by atoms with Crippen LogP contribution in [0.2, 0.25) is 0 Å². The molecule has 232 valence electrons. The van der Waals surface area contributed by atoms with Crippen molar-refractivity contribution in [2.24, 2.45) is 0 Å². The SMILES string of the molecule is O=C(Cc1ccc2c(c1)Oc1cc(CC(=O)N3CCOCC3)ccc1C21OC(=O)c2ccccc21)OCc1ccc([N+](=O)[O-])cc1. The van der Waals surface area contributed by atoms with E-state index in [0.717, 1.165) is 5.56 Å². The number of carbonyl (C=O) groups is 3. The number of nitro groups is 1. The number of nitrogens with zero attached hydrogens (tertiary/aromatic N) is 2. The minimum absolute atomic E-state index is 0.0127. The van der Waals surface area contributed by atoms with Gasteiger partial charge in [0.25, 0.3) is 5.69 Å². The highest BCUT2D eigenvalue weighted by molar-refractivity contribution is 5.97. The number of carbonyl (C=O) groups excluding carboxylic acids is 3. The number of nitro benzene ring substituents is 1. The number of ether oxygens (including phenoxy) is 4. The Bertz CT molecular complexity index is 1880. The van der Waals surface area contributed by atoms with Gasteiger partial charge in [-0.15, -0.1) is 0 Å². The molecule has 7 rings (SSSR count). The van der Waals surface area contributed by atoms with E-state index in [4.69, 9.17) is 18.9 Å². The number of hydrogen-bond donors (Lipinski definition) is 0. The van der Waals surface area contributed by atoms with E-state index >= 15 is 0 Å². The second-order valence-corrected chi connectivity index (χ2v) is 11.3. The molecule has 1 fully saturated rings. The van der Waals surface area contributed by atoms with Crippen molar-refractivity contribution in [2.75, 3.05) is 26.3 Å². The first-order valence-electron chi connectivity index (χ1n) is 14.8. The predicted octanol–water partition coefficient (Wildman–Crippen LogP) is 4.85. The van der Waals surface area contributed by atoms with Crippen molar-refractivity contribution in [3.8, 4) is 11.5 Å². The smallest absolute Gasteiger partial charge is 0.340 e. The quantitative estimate of drug-likeness (QED) is 0.161. The maximum absolute atomic E-state index is 13.2. The van der Waals surface area contributed by atoms with Crippen molar-refractivity contribution in [1.29, 1.82) is 0 Å². The lowest BCUT2D eigenvalue weighted by Crippen LogP contribution is -2.41. The summed E-state index contributed by atoms with van der Waals surface area (Å²) >= 11 is 0. The maximum atomic E-state index is 13.2. The summed E-state index contributed by atoms with van der Waals surface area (Å²) in [6.07, 6.45) is 0.113. The third-order valence-corrected chi connectivity index (χ3v) is 8.46. The fraction of sp³-hybridized carbons (Fsp3) is 0.229. The van der Waals surface area contributed by atoms with Gasteiger partial charge in [-0.25, -0.2) is 4.79 Å². The molecule has 1 saturated heterocycles. The minimum Gasteiger partial charge on any atom is -0.461 e. The van der Waals surface area contributed by atoms with Crippen molar-refractivity contribution in [3.63, 3.8) is 0 Å². The van der Waals surface area contributed by atoms with E-state index in [-0.39, 0.29) is 31.0 Å². The van der Waals surface area contributed by atoms with Gasteiger partial charge >= 0.3 is 11.9 Å². The van der Waals surface area contributed by atoms with E-state index in [0.29, 0.717) is 71.2 Å². The van der Waals surface area contributed by atoms with Gasteiger partial charge in [-0.05, 0) is 47.0 Å². The van der Waals surface area contributed by atoms with Gasteiger partial charge in [0.05, 0.1) is 36.5 Å². The Balaban J connectivity index is 1.18. The van der Waals surface area contributed by atoms with Gasteiger partial charge in [0.2, 0.25) is 5.91 Å². The average Bonchev–Trinajstić information content (AvgIpc) is 3.36. The van der Waals surface area contributed by atoms with Crippen molar-refractivity contribution in [2.45, 2.75) is 25.0 Å². The van der Waals surface area contributed by atoms with Gasteiger partial charge in [-0.1, -0.05) is 42.5 Å². The van der Waals surface area contributed by atoms with Gasteiger partial charge in [-0.2, -0.15) is 0 Å². The van der Waals surface area contributed by atoms with E-state index in [1.165, 1.54) is 12.1 Å². The molecule has 3 aliphatic heterocycles. The summed E-state index contributed by atoms with van der Waals surface area (Å²) in [5.74, 6) is -0.108. The number of hydrogen-bond acceptors (Lipinski definition) is 9. The number of amides is 1. The van der Waals surface area contributed by atoms with Crippen LogP contribution in [0.5, 0.6) is 11.5 Å². The third kappa shape index (κ3) is 5.24. The van der Waals surface area contributed by atoms with Gasteiger partial charge < -0.3 is 23.8 Å². The van der Waals surface area contributed by atoms with E-state index in [1.54, 1.807) is 53.4 Å². The first-order valence-corrected chi connectivity index (χ1v) is 14.8. The Kier molecular flexibility index (Phi) is 7.45. The lowest BCUT2D eigenvalue weighted by molar-refractivity contribution is -0.384. The molecule has 0 N–H and O–H groups in total. The highest BCUT2D eigenvalue weighted by atomic mass is 16.6. The lowest BCUT2D eigenvalue weighted by atomic mass is 9.77. The zero-order chi connectivity index (χ0) is 31.8. The van der Waals surface area contributed by atoms with E-state index in [9.17, 15) is 24.5 Å². The van der Waals surface area contributed by atoms with Crippen molar-refractivity contribution < 1.29 is 38.3 Å². The Morgan fingerprint density at radius 2 is 1.46 bits per heavy atom. The average molecular weight is 621 g/mol. The predicted molar refractivity (Wildman–Crippen MR) is 162 cm³/mol. The summed E-state index contributed by atoms with van der Waals surface area (Å²) in [4.78, 5) is 51.2. The summed E-state index contributed by atoms with van der Waals surface area (Å²) < 4.78 is 23.4. The van der Waals surface area contributed by atoms with Crippen LogP contribution in [0, 0.1) is 10.1 Å². The Labute approximate surface area is 263 Å². The zero-order valence-corrected chi connectivity index (χ0v) is 24.6. The van der Waals surface area contributed by atoms with Crippen LogP contribution in [0.1, 0.15) is 43.7 Å². The summed E-state index contributed by atoms with van der Waals surface area (Å²) in [5, 5.41) is 10.9. The molecule has 1 amide bonds. The maximum Gasteiger partial charge on any atom is 0.340 e. The van der Waals surface area contributed by atoms with Crippen LogP contribution < -0.4 is 4.74 Å². The Morgan fingerprint density at radius 3 is 2.13 bits per heavy atom. The molecule has 4 aromatic carbocycles. The van der Waals surface area contributed by atoms with Crippen LogP contribution >= 0.6 is 0 Å². The third-order valence-electron chi connectivity index (χ3n) is 8.46. The number of benzene rings is 4. The second-order valence-electron chi connectivity index (χ2n) is 11.3. The van der Waals surface area contributed by atoms with Gasteiger partial charge in [0.15, 0.2) is 5.60 Å².